The fraction of sp³-hybridized carbons (Fsp3) is 0.333. The first-order valence-electron chi connectivity index (χ1n) is 5.19. The van der Waals surface area contributed by atoms with Crippen molar-refractivity contribution in [1.29, 1.82) is 0 Å². The molecule has 0 aromatic heterocycles. The van der Waals surface area contributed by atoms with Crippen molar-refractivity contribution in [2.24, 2.45) is 0 Å². The Kier molecular flexibility index (Phi) is 2.53. The van der Waals surface area contributed by atoms with E-state index in [1.54, 1.807) is 25.2 Å². The van der Waals surface area contributed by atoms with Crippen LogP contribution in [0.2, 0.25) is 0 Å². The van der Waals surface area contributed by atoms with Gasteiger partial charge in [-0.25, -0.2) is 9.59 Å². The summed E-state index contributed by atoms with van der Waals surface area (Å²) in [5.41, 5.74) is 0.352. The van der Waals surface area contributed by atoms with E-state index >= 15 is 0 Å². The molecule has 5 nitrogen and oxygen atoms in total. The number of hydrogen-bond donors (Lipinski definition) is 1. The Hall–Kier alpha value is -2.04. The standard InChI is InChI=1S/C12H13NO4/c1-12(7-17-11(16)13(12)2)9-5-3-4-8(6-9)10(14)15/h3-6H,7H2,1-2H3,(H,14,15). The quantitative estimate of drug-likeness (QED) is 0.846. The molecular formula is C12H13NO4. The van der Waals surface area contributed by atoms with Gasteiger partial charge in [0.2, 0.25) is 0 Å². The molecule has 1 N–H and O–H groups in total. The number of likely N-dealkylation sites (N-methyl/N-ethyl adjacent to an activating group) is 1. The molecule has 1 atom stereocenters. The average Bonchev–Trinajstić information content (AvgIpc) is 2.59. The number of carboxylic acids is 1. The zero-order valence-corrected chi connectivity index (χ0v) is 9.64. The molecule has 1 aromatic rings. The Morgan fingerprint density at radius 2 is 2.24 bits per heavy atom. The highest BCUT2D eigenvalue weighted by Crippen LogP contribution is 2.33. The maximum Gasteiger partial charge on any atom is 0.410 e. The normalized spacial score (nSPS) is 23.6. The van der Waals surface area contributed by atoms with Gasteiger partial charge in [0.15, 0.2) is 0 Å². The molecule has 1 saturated heterocycles. The Morgan fingerprint density at radius 1 is 1.53 bits per heavy atom. The molecule has 17 heavy (non-hydrogen) atoms. The molecule has 0 spiro atoms. The highest BCUT2D eigenvalue weighted by Gasteiger charge is 2.42. The van der Waals surface area contributed by atoms with Crippen molar-refractivity contribution in [2.75, 3.05) is 13.7 Å². The second-order valence-corrected chi connectivity index (χ2v) is 4.27. The molecule has 5 heteroatoms. The first kappa shape index (κ1) is 11.4. The molecule has 1 amide bonds. The number of carboxylic acid groups (broad SMARTS) is 1. The van der Waals surface area contributed by atoms with Gasteiger partial charge in [0.05, 0.1) is 5.56 Å². The van der Waals surface area contributed by atoms with Gasteiger partial charge in [0, 0.05) is 7.05 Å². The summed E-state index contributed by atoms with van der Waals surface area (Å²) >= 11 is 0. The van der Waals surface area contributed by atoms with Gasteiger partial charge in [-0.05, 0) is 24.6 Å². The van der Waals surface area contributed by atoms with Gasteiger partial charge < -0.3 is 9.84 Å². The van der Waals surface area contributed by atoms with E-state index in [2.05, 4.69) is 0 Å². The number of ether oxygens (including phenoxy) is 1. The van der Waals surface area contributed by atoms with Crippen LogP contribution in [-0.4, -0.2) is 35.7 Å². The Bertz CT molecular complexity index is 485. The number of carbonyl (C=O) groups excluding carboxylic acids is 1. The van der Waals surface area contributed by atoms with Crippen molar-refractivity contribution in [3.05, 3.63) is 35.4 Å². The monoisotopic (exact) mass is 235 g/mol. The fourth-order valence-electron chi connectivity index (χ4n) is 1.86. The minimum Gasteiger partial charge on any atom is -0.478 e. The lowest BCUT2D eigenvalue weighted by molar-refractivity contribution is 0.0696. The first-order chi connectivity index (χ1) is 7.95. The number of hydrogen-bond acceptors (Lipinski definition) is 3. The van der Waals surface area contributed by atoms with E-state index < -0.39 is 17.6 Å². The highest BCUT2D eigenvalue weighted by molar-refractivity contribution is 5.87. The van der Waals surface area contributed by atoms with Crippen LogP contribution < -0.4 is 0 Å². The van der Waals surface area contributed by atoms with E-state index in [1.807, 2.05) is 6.92 Å². The number of rotatable bonds is 2. The lowest BCUT2D eigenvalue weighted by atomic mass is 9.91. The summed E-state index contributed by atoms with van der Waals surface area (Å²) in [5, 5.41) is 8.94. The molecule has 1 aliphatic heterocycles. The van der Waals surface area contributed by atoms with Crippen molar-refractivity contribution < 1.29 is 19.4 Å². The number of aromatic carboxylic acids is 1. The molecule has 1 aromatic carbocycles. The van der Waals surface area contributed by atoms with Gasteiger partial charge in [-0.1, -0.05) is 12.1 Å². The topological polar surface area (TPSA) is 66.8 Å². The van der Waals surface area contributed by atoms with Crippen LogP contribution in [0.15, 0.2) is 24.3 Å². The molecule has 1 aliphatic rings. The number of amides is 1. The zero-order chi connectivity index (χ0) is 12.6. The van der Waals surface area contributed by atoms with E-state index in [4.69, 9.17) is 9.84 Å². The second kappa shape index (κ2) is 3.76. The third-order valence-corrected chi connectivity index (χ3v) is 3.22. The molecule has 1 fully saturated rings. The largest absolute Gasteiger partial charge is 0.478 e. The van der Waals surface area contributed by atoms with Crippen LogP contribution in [-0.2, 0) is 10.3 Å². The SMILES string of the molecule is CN1C(=O)OCC1(C)c1cccc(C(=O)O)c1. The summed E-state index contributed by atoms with van der Waals surface area (Å²) in [6.07, 6.45) is -0.395. The first-order valence-corrected chi connectivity index (χ1v) is 5.19. The summed E-state index contributed by atoms with van der Waals surface area (Å²) in [5.74, 6) is -0.983. The molecular weight excluding hydrogens is 222 g/mol. The van der Waals surface area contributed by atoms with Gasteiger partial charge in [0.1, 0.15) is 12.1 Å². The molecule has 90 valence electrons. The van der Waals surface area contributed by atoms with Crippen LogP contribution >= 0.6 is 0 Å². The van der Waals surface area contributed by atoms with Crippen molar-refractivity contribution in [2.45, 2.75) is 12.5 Å². The van der Waals surface area contributed by atoms with Gasteiger partial charge in [-0.2, -0.15) is 0 Å². The van der Waals surface area contributed by atoms with E-state index in [0.29, 0.717) is 0 Å². The maximum atomic E-state index is 11.4. The number of cyclic esters (lactones) is 1. The van der Waals surface area contributed by atoms with Crippen LogP contribution in [0, 0.1) is 0 Å². The lowest BCUT2D eigenvalue weighted by Crippen LogP contribution is -2.39. The predicted octanol–water partition coefficient (Wildman–Crippen LogP) is 1.68. The Morgan fingerprint density at radius 3 is 2.76 bits per heavy atom. The van der Waals surface area contributed by atoms with Crippen LogP contribution in [0.3, 0.4) is 0 Å². The predicted molar refractivity (Wildman–Crippen MR) is 59.9 cm³/mol. The molecule has 0 aliphatic carbocycles. The van der Waals surface area contributed by atoms with Crippen LogP contribution in [0.5, 0.6) is 0 Å². The van der Waals surface area contributed by atoms with Crippen molar-refractivity contribution in [3.63, 3.8) is 0 Å². The third kappa shape index (κ3) is 1.73. The molecule has 0 radical (unpaired) electrons. The summed E-state index contributed by atoms with van der Waals surface area (Å²) in [6.45, 7) is 2.07. The number of nitrogens with zero attached hydrogens (tertiary/aromatic N) is 1. The summed E-state index contributed by atoms with van der Waals surface area (Å²) < 4.78 is 4.98. The Balaban J connectivity index is 2.43. The van der Waals surface area contributed by atoms with Crippen LogP contribution in [0.25, 0.3) is 0 Å². The average molecular weight is 235 g/mol. The molecule has 1 heterocycles. The smallest absolute Gasteiger partial charge is 0.410 e. The summed E-state index contributed by atoms with van der Waals surface area (Å²) in [4.78, 5) is 23.8. The minimum atomic E-state index is -0.983. The summed E-state index contributed by atoms with van der Waals surface area (Å²) in [7, 11) is 1.64. The maximum absolute atomic E-state index is 11.4. The molecule has 2 rings (SSSR count). The fourth-order valence-corrected chi connectivity index (χ4v) is 1.86. The van der Waals surface area contributed by atoms with Crippen LogP contribution in [0.1, 0.15) is 22.8 Å². The van der Waals surface area contributed by atoms with Crippen molar-refractivity contribution in [3.8, 4) is 0 Å². The summed E-state index contributed by atoms with van der Waals surface area (Å²) in [6, 6.07) is 6.55. The van der Waals surface area contributed by atoms with Gasteiger partial charge in [-0.15, -0.1) is 0 Å². The van der Waals surface area contributed by atoms with Crippen molar-refractivity contribution >= 4 is 12.1 Å². The van der Waals surface area contributed by atoms with Crippen molar-refractivity contribution in [1.82, 2.24) is 4.90 Å². The Labute approximate surface area is 98.6 Å². The minimum absolute atomic E-state index is 0.205. The van der Waals surface area contributed by atoms with Gasteiger partial charge in [-0.3, -0.25) is 4.90 Å². The lowest BCUT2D eigenvalue weighted by Gasteiger charge is -2.29. The second-order valence-electron chi connectivity index (χ2n) is 4.27. The van der Waals surface area contributed by atoms with E-state index in [1.165, 1.54) is 11.0 Å². The van der Waals surface area contributed by atoms with Crippen LogP contribution in [0.4, 0.5) is 4.79 Å². The third-order valence-electron chi connectivity index (χ3n) is 3.22. The highest BCUT2D eigenvalue weighted by atomic mass is 16.6. The van der Waals surface area contributed by atoms with Gasteiger partial charge >= 0.3 is 12.1 Å². The molecule has 0 bridgehead atoms. The molecule has 0 saturated carbocycles. The van der Waals surface area contributed by atoms with E-state index in [-0.39, 0.29) is 12.2 Å². The van der Waals surface area contributed by atoms with Gasteiger partial charge in [0.25, 0.3) is 0 Å². The number of carbonyl (C=O) groups is 2. The zero-order valence-electron chi connectivity index (χ0n) is 9.64. The van der Waals surface area contributed by atoms with E-state index in [9.17, 15) is 9.59 Å². The van der Waals surface area contributed by atoms with E-state index in [0.717, 1.165) is 5.56 Å². The molecule has 1 unspecified atom stereocenters. The number of benzene rings is 1.